The zero-order valence-corrected chi connectivity index (χ0v) is 11.5. The summed E-state index contributed by atoms with van der Waals surface area (Å²) in [5, 5.41) is 8.85. The van der Waals surface area contributed by atoms with Crippen LogP contribution in [0.5, 0.6) is 5.75 Å². The average molecular weight is 266 g/mol. The number of rotatable bonds is 6. The van der Waals surface area contributed by atoms with Crippen LogP contribution in [0.1, 0.15) is 24.5 Å². The Kier molecular flexibility index (Phi) is 5.83. The molecule has 0 amide bonds. The van der Waals surface area contributed by atoms with Gasteiger partial charge < -0.3 is 10.5 Å². The summed E-state index contributed by atoms with van der Waals surface area (Å²) in [6.45, 7) is 1.90. The Hall–Kier alpha value is -1.38. The van der Waals surface area contributed by atoms with Crippen LogP contribution in [0.2, 0.25) is 0 Å². The van der Waals surface area contributed by atoms with Crippen molar-refractivity contribution in [1.82, 2.24) is 0 Å². The van der Waals surface area contributed by atoms with Crippen LogP contribution in [0.25, 0.3) is 0 Å². The Balaban J connectivity index is 2.76. The van der Waals surface area contributed by atoms with Crippen LogP contribution in [-0.4, -0.2) is 23.1 Å². The molecule has 0 heterocycles. The second-order valence-electron chi connectivity index (χ2n) is 4.19. The quantitative estimate of drug-likeness (QED) is 0.847. The van der Waals surface area contributed by atoms with E-state index in [9.17, 15) is 4.21 Å². The predicted octanol–water partition coefficient (Wildman–Crippen LogP) is 1.55. The molecule has 0 fully saturated rings. The van der Waals surface area contributed by atoms with E-state index in [-0.39, 0.29) is 6.04 Å². The van der Waals surface area contributed by atoms with E-state index in [1.165, 1.54) is 0 Å². The minimum Gasteiger partial charge on any atom is -0.496 e. The van der Waals surface area contributed by atoms with Gasteiger partial charge in [-0.2, -0.15) is 5.26 Å². The summed E-state index contributed by atoms with van der Waals surface area (Å²) in [6.07, 6.45) is 0.729. The molecule has 2 unspecified atom stereocenters. The molecule has 0 aromatic heterocycles. The van der Waals surface area contributed by atoms with E-state index in [4.69, 9.17) is 15.7 Å². The lowest BCUT2D eigenvalue weighted by Crippen LogP contribution is -2.18. The van der Waals surface area contributed by atoms with Crippen molar-refractivity contribution < 1.29 is 8.95 Å². The number of methoxy groups -OCH3 is 1. The lowest BCUT2D eigenvalue weighted by molar-refractivity contribution is 0.411. The molecular formula is C13H18N2O2S. The van der Waals surface area contributed by atoms with Crippen LogP contribution >= 0.6 is 0 Å². The van der Waals surface area contributed by atoms with E-state index in [1.807, 2.05) is 6.92 Å². The van der Waals surface area contributed by atoms with Gasteiger partial charge >= 0.3 is 0 Å². The van der Waals surface area contributed by atoms with Crippen molar-refractivity contribution in [3.63, 3.8) is 0 Å². The van der Waals surface area contributed by atoms with Crippen molar-refractivity contribution in [2.75, 3.05) is 12.9 Å². The highest BCUT2D eigenvalue weighted by Gasteiger charge is 2.09. The van der Waals surface area contributed by atoms with Crippen molar-refractivity contribution in [2.45, 2.75) is 25.1 Å². The van der Waals surface area contributed by atoms with Crippen LogP contribution in [0.15, 0.2) is 18.2 Å². The molecule has 98 valence electrons. The molecule has 1 aromatic rings. The first kappa shape index (κ1) is 14.7. The van der Waals surface area contributed by atoms with E-state index in [0.717, 1.165) is 12.0 Å². The first-order chi connectivity index (χ1) is 8.56. The summed E-state index contributed by atoms with van der Waals surface area (Å²) in [4.78, 5) is 0. The highest BCUT2D eigenvalue weighted by Crippen LogP contribution is 2.21. The fraction of sp³-hybridized carbons (Fsp3) is 0.462. The van der Waals surface area contributed by atoms with Gasteiger partial charge in [0, 0.05) is 28.2 Å². The molecule has 1 aromatic carbocycles. The van der Waals surface area contributed by atoms with E-state index in [1.54, 1.807) is 25.3 Å². The van der Waals surface area contributed by atoms with Gasteiger partial charge in [0.2, 0.25) is 0 Å². The topological polar surface area (TPSA) is 76.1 Å². The third-order valence-corrected chi connectivity index (χ3v) is 3.85. The molecule has 2 N–H and O–H groups in total. The number of hydrogen-bond acceptors (Lipinski definition) is 4. The molecule has 18 heavy (non-hydrogen) atoms. The Bertz CT molecular complexity index is 467. The van der Waals surface area contributed by atoms with Crippen molar-refractivity contribution in [2.24, 2.45) is 5.73 Å². The van der Waals surface area contributed by atoms with Gasteiger partial charge in [0.25, 0.3) is 0 Å². The SMILES string of the molecule is COc1ccc(C#N)cc1CS(=O)CCC(C)N. The number of nitrogens with zero attached hydrogens (tertiary/aromatic N) is 1. The van der Waals surface area contributed by atoms with Crippen molar-refractivity contribution >= 4 is 10.8 Å². The molecule has 2 atom stereocenters. The lowest BCUT2D eigenvalue weighted by atomic mass is 10.1. The van der Waals surface area contributed by atoms with E-state index in [2.05, 4.69) is 6.07 Å². The maximum Gasteiger partial charge on any atom is 0.123 e. The van der Waals surface area contributed by atoms with Gasteiger partial charge in [0.05, 0.1) is 24.5 Å². The fourth-order valence-electron chi connectivity index (χ4n) is 1.52. The molecule has 0 aliphatic rings. The number of nitrogens with two attached hydrogens (primary N) is 1. The number of ether oxygens (including phenoxy) is 1. The molecule has 0 aliphatic heterocycles. The smallest absolute Gasteiger partial charge is 0.123 e. The third kappa shape index (κ3) is 4.47. The van der Waals surface area contributed by atoms with E-state index in [0.29, 0.717) is 22.8 Å². The second-order valence-corrected chi connectivity index (χ2v) is 5.77. The van der Waals surface area contributed by atoms with Crippen molar-refractivity contribution in [3.05, 3.63) is 29.3 Å². The van der Waals surface area contributed by atoms with Crippen molar-refractivity contribution in [3.8, 4) is 11.8 Å². The fourth-order valence-corrected chi connectivity index (χ4v) is 2.88. The summed E-state index contributed by atoms with van der Waals surface area (Å²) < 4.78 is 17.1. The molecule has 0 aliphatic carbocycles. The standard InChI is InChI=1S/C13H18N2O2S/c1-10(15)5-6-18(16)9-12-7-11(8-14)3-4-13(12)17-2/h3-4,7,10H,5-6,9,15H2,1-2H3. The average Bonchev–Trinajstić information content (AvgIpc) is 2.36. The van der Waals surface area contributed by atoms with Gasteiger partial charge in [-0.15, -0.1) is 0 Å². The minimum atomic E-state index is -0.983. The van der Waals surface area contributed by atoms with Crippen LogP contribution in [0, 0.1) is 11.3 Å². The zero-order chi connectivity index (χ0) is 13.5. The van der Waals surface area contributed by atoms with Gasteiger partial charge in [-0.05, 0) is 31.5 Å². The first-order valence-corrected chi connectivity index (χ1v) is 7.23. The second kappa shape index (κ2) is 7.14. The van der Waals surface area contributed by atoms with Crippen LogP contribution in [0.3, 0.4) is 0 Å². The molecule has 5 heteroatoms. The Morgan fingerprint density at radius 1 is 1.56 bits per heavy atom. The monoisotopic (exact) mass is 266 g/mol. The largest absolute Gasteiger partial charge is 0.496 e. The van der Waals surface area contributed by atoms with E-state index >= 15 is 0 Å². The Labute approximate surface area is 110 Å². The molecular weight excluding hydrogens is 248 g/mol. The summed E-state index contributed by atoms with van der Waals surface area (Å²) in [6, 6.07) is 7.27. The highest BCUT2D eigenvalue weighted by atomic mass is 32.2. The summed E-state index contributed by atoms with van der Waals surface area (Å²) in [5.74, 6) is 1.63. The minimum absolute atomic E-state index is 0.0567. The molecule has 0 bridgehead atoms. The Morgan fingerprint density at radius 3 is 2.83 bits per heavy atom. The Morgan fingerprint density at radius 2 is 2.28 bits per heavy atom. The van der Waals surface area contributed by atoms with Gasteiger partial charge in [0.15, 0.2) is 0 Å². The molecule has 0 radical (unpaired) electrons. The van der Waals surface area contributed by atoms with Crippen molar-refractivity contribution in [1.29, 1.82) is 5.26 Å². The molecule has 0 saturated carbocycles. The van der Waals surface area contributed by atoms with Crippen LogP contribution in [0.4, 0.5) is 0 Å². The molecule has 0 spiro atoms. The number of hydrogen-bond donors (Lipinski definition) is 1. The summed E-state index contributed by atoms with van der Waals surface area (Å²) in [7, 11) is 0.582. The zero-order valence-electron chi connectivity index (χ0n) is 10.7. The van der Waals surface area contributed by atoms with Crippen LogP contribution < -0.4 is 10.5 Å². The van der Waals surface area contributed by atoms with Gasteiger partial charge in [-0.25, -0.2) is 0 Å². The maximum atomic E-state index is 11.9. The number of nitriles is 1. The molecule has 0 saturated heterocycles. The first-order valence-electron chi connectivity index (χ1n) is 5.74. The van der Waals surface area contributed by atoms with Gasteiger partial charge in [-0.1, -0.05) is 0 Å². The molecule has 4 nitrogen and oxygen atoms in total. The van der Waals surface area contributed by atoms with Gasteiger partial charge in [-0.3, -0.25) is 4.21 Å². The molecule has 1 rings (SSSR count). The predicted molar refractivity (Wildman–Crippen MR) is 72.7 cm³/mol. The highest BCUT2D eigenvalue weighted by molar-refractivity contribution is 7.84. The summed E-state index contributed by atoms with van der Waals surface area (Å²) in [5.41, 5.74) is 6.99. The normalized spacial score (nSPS) is 13.7. The maximum absolute atomic E-state index is 11.9. The van der Waals surface area contributed by atoms with Crippen LogP contribution in [-0.2, 0) is 16.6 Å². The third-order valence-electron chi connectivity index (χ3n) is 2.53. The van der Waals surface area contributed by atoms with Gasteiger partial charge in [0.1, 0.15) is 5.75 Å². The lowest BCUT2D eigenvalue weighted by Gasteiger charge is -2.09. The van der Waals surface area contributed by atoms with E-state index < -0.39 is 10.8 Å². The summed E-state index contributed by atoms with van der Waals surface area (Å²) >= 11 is 0. The number of benzene rings is 1.